The van der Waals surface area contributed by atoms with Gasteiger partial charge in [-0.3, -0.25) is 15.0 Å². The molecule has 3 atom stereocenters. The average molecular weight is 270 g/mol. The minimum absolute atomic E-state index is 0.154. The van der Waals surface area contributed by atoms with Crippen molar-refractivity contribution < 1.29 is 14.6 Å². The van der Waals surface area contributed by atoms with Crippen molar-refractivity contribution in [2.45, 2.75) is 63.8 Å². The topological polar surface area (TPSA) is 61.8 Å². The average Bonchev–Trinajstić information content (AvgIpc) is 2.76. The quantitative estimate of drug-likeness (QED) is 0.783. The molecule has 5 heteroatoms. The Morgan fingerprint density at radius 1 is 1.53 bits per heavy atom. The van der Waals surface area contributed by atoms with E-state index in [-0.39, 0.29) is 6.04 Å². The maximum absolute atomic E-state index is 11.6. The van der Waals surface area contributed by atoms with Gasteiger partial charge in [0.1, 0.15) is 5.54 Å². The summed E-state index contributed by atoms with van der Waals surface area (Å²) in [4.78, 5) is 13.9. The van der Waals surface area contributed by atoms with Crippen LogP contribution in [0.5, 0.6) is 0 Å². The van der Waals surface area contributed by atoms with Crippen LogP contribution in [0, 0.1) is 0 Å². The maximum atomic E-state index is 11.6. The van der Waals surface area contributed by atoms with E-state index in [1.54, 1.807) is 6.92 Å². The van der Waals surface area contributed by atoms with Crippen LogP contribution < -0.4 is 5.32 Å². The highest BCUT2D eigenvalue weighted by atomic mass is 16.5. The molecule has 2 rings (SSSR count). The van der Waals surface area contributed by atoms with E-state index < -0.39 is 11.5 Å². The molecule has 2 fully saturated rings. The van der Waals surface area contributed by atoms with Crippen LogP contribution in [-0.2, 0) is 9.53 Å². The number of morpholine rings is 1. The first-order chi connectivity index (χ1) is 8.92. The van der Waals surface area contributed by atoms with Crippen LogP contribution in [0.3, 0.4) is 0 Å². The normalized spacial score (nSPS) is 31.2. The maximum Gasteiger partial charge on any atom is 0.324 e. The number of hydrogen-bond donors (Lipinski definition) is 2. The van der Waals surface area contributed by atoms with Gasteiger partial charge in [-0.1, -0.05) is 0 Å². The molecule has 1 aliphatic heterocycles. The fourth-order valence-corrected chi connectivity index (χ4v) is 3.42. The Labute approximate surface area is 115 Å². The molecule has 3 unspecified atom stereocenters. The van der Waals surface area contributed by atoms with Gasteiger partial charge in [0, 0.05) is 25.2 Å². The molecule has 0 aromatic heterocycles. The molecule has 0 radical (unpaired) electrons. The van der Waals surface area contributed by atoms with E-state index in [1.165, 1.54) is 6.42 Å². The summed E-state index contributed by atoms with van der Waals surface area (Å²) in [7, 11) is 0. The number of ether oxygens (including phenoxy) is 1. The Morgan fingerprint density at radius 3 is 2.89 bits per heavy atom. The Kier molecular flexibility index (Phi) is 4.48. The third-order valence-corrected chi connectivity index (χ3v) is 4.20. The zero-order chi connectivity index (χ0) is 14.0. The van der Waals surface area contributed by atoms with Gasteiger partial charge in [-0.2, -0.15) is 0 Å². The van der Waals surface area contributed by atoms with Crippen LogP contribution in [-0.4, -0.2) is 59.4 Å². The van der Waals surface area contributed by atoms with E-state index in [9.17, 15) is 9.90 Å². The van der Waals surface area contributed by atoms with Gasteiger partial charge in [0.15, 0.2) is 0 Å². The first kappa shape index (κ1) is 14.8. The molecule has 19 heavy (non-hydrogen) atoms. The van der Waals surface area contributed by atoms with Crippen molar-refractivity contribution in [2.75, 3.05) is 19.7 Å². The Hall–Kier alpha value is -0.650. The van der Waals surface area contributed by atoms with Crippen LogP contribution in [0.1, 0.15) is 40.0 Å². The minimum Gasteiger partial charge on any atom is -0.480 e. The third-order valence-electron chi connectivity index (χ3n) is 4.20. The number of carboxylic acids is 1. The second-order valence-corrected chi connectivity index (χ2v) is 6.31. The minimum atomic E-state index is -0.890. The van der Waals surface area contributed by atoms with Gasteiger partial charge in [-0.05, 0) is 40.0 Å². The van der Waals surface area contributed by atoms with Crippen molar-refractivity contribution >= 4 is 5.97 Å². The molecule has 1 heterocycles. The van der Waals surface area contributed by atoms with E-state index in [0.29, 0.717) is 18.7 Å². The molecule has 5 nitrogen and oxygen atoms in total. The van der Waals surface area contributed by atoms with E-state index in [4.69, 9.17) is 4.74 Å². The van der Waals surface area contributed by atoms with Crippen molar-refractivity contribution in [3.05, 3.63) is 0 Å². The van der Waals surface area contributed by atoms with Gasteiger partial charge >= 0.3 is 5.97 Å². The number of nitrogens with one attached hydrogen (secondary N) is 1. The first-order valence-corrected chi connectivity index (χ1v) is 7.29. The molecule has 0 aromatic carbocycles. The number of rotatable bonds is 5. The molecule has 0 bridgehead atoms. The molecule has 2 aliphatic rings. The standard InChI is InChI=1S/C14H26N2O3/c1-10(2)15-14(3,13(17)18)9-16-7-8-19-12-6-4-5-11(12)16/h10-12,15H,4-9H2,1-3H3,(H,17,18). The number of fused-ring (bicyclic) bond motifs is 1. The van der Waals surface area contributed by atoms with Crippen LogP contribution in [0.4, 0.5) is 0 Å². The number of aliphatic carboxylic acids is 1. The molecule has 1 saturated heterocycles. The second-order valence-electron chi connectivity index (χ2n) is 6.31. The zero-order valence-corrected chi connectivity index (χ0v) is 12.2. The highest BCUT2D eigenvalue weighted by molar-refractivity contribution is 5.78. The van der Waals surface area contributed by atoms with Crippen LogP contribution in [0.2, 0.25) is 0 Å². The molecule has 0 aromatic rings. The van der Waals surface area contributed by atoms with E-state index >= 15 is 0 Å². The van der Waals surface area contributed by atoms with Crippen molar-refractivity contribution in [3.8, 4) is 0 Å². The summed E-state index contributed by atoms with van der Waals surface area (Å²) in [6.45, 7) is 7.86. The molecule has 0 spiro atoms. The van der Waals surface area contributed by atoms with Gasteiger partial charge < -0.3 is 9.84 Å². The molecular weight excluding hydrogens is 244 g/mol. The molecule has 0 amide bonds. The monoisotopic (exact) mass is 270 g/mol. The van der Waals surface area contributed by atoms with Gasteiger partial charge in [0.05, 0.1) is 12.7 Å². The lowest BCUT2D eigenvalue weighted by molar-refractivity contribution is -0.147. The summed E-state index contributed by atoms with van der Waals surface area (Å²) in [5.41, 5.74) is -0.890. The lowest BCUT2D eigenvalue weighted by Crippen LogP contribution is -2.62. The summed E-state index contributed by atoms with van der Waals surface area (Å²) < 4.78 is 5.78. The first-order valence-electron chi connectivity index (χ1n) is 7.29. The predicted octanol–water partition coefficient (Wildman–Crippen LogP) is 1.08. The van der Waals surface area contributed by atoms with Crippen molar-refractivity contribution in [3.63, 3.8) is 0 Å². The highest BCUT2D eigenvalue weighted by Crippen LogP contribution is 2.30. The Bertz CT molecular complexity index is 335. The fraction of sp³-hybridized carbons (Fsp3) is 0.929. The van der Waals surface area contributed by atoms with Gasteiger partial charge in [0.25, 0.3) is 0 Å². The summed E-state index contributed by atoms with van der Waals surface area (Å²) in [5.74, 6) is -0.776. The number of carbonyl (C=O) groups is 1. The van der Waals surface area contributed by atoms with Crippen LogP contribution in [0.25, 0.3) is 0 Å². The van der Waals surface area contributed by atoms with Crippen molar-refractivity contribution in [2.24, 2.45) is 0 Å². The summed E-state index contributed by atoms with van der Waals surface area (Å²) >= 11 is 0. The summed E-state index contributed by atoms with van der Waals surface area (Å²) in [5, 5.41) is 12.7. The zero-order valence-electron chi connectivity index (χ0n) is 12.2. The Morgan fingerprint density at radius 2 is 2.26 bits per heavy atom. The third kappa shape index (κ3) is 3.27. The van der Waals surface area contributed by atoms with Crippen molar-refractivity contribution in [1.82, 2.24) is 10.2 Å². The van der Waals surface area contributed by atoms with Crippen LogP contribution >= 0.6 is 0 Å². The molecule has 1 saturated carbocycles. The molecule has 110 valence electrons. The summed E-state index contributed by atoms with van der Waals surface area (Å²) in [6, 6.07) is 0.558. The number of hydrogen-bond acceptors (Lipinski definition) is 4. The molecule has 1 aliphatic carbocycles. The SMILES string of the molecule is CC(C)NC(C)(CN1CCOC2CCCC21)C(=O)O. The summed E-state index contributed by atoms with van der Waals surface area (Å²) in [6.07, 6.45) is 3.74. The van der Waals surface area contributed by atoms with E-state index in [0.717, 1.165) is 26.0 Å². The fourth-order valence-electron chi connectivity index (χ4n) is 3.42. The lowest BCUT2D eigenvalue weighted by atomic mass is 9.98. The molecule has 2 N–H and O–H groups in total. The number of carboxylic acid groups (broad SMARTS) is 1. The van der Waals surface area contributed by atoms with Crippen LogP contribution in [0.15, 0.2) is 0 Å². The Balaban J connectivity index is 2.05. The molecular formula is C14H26N2O3. The van der Waals surface area contributed by atoms with Gasteiger partial charge in [-0.15, -0.1) is 0 Å². The number of nitrogens with zero attached hydrogens (tertiary/aromatic N) is 1. The van der Waals surface area contributed by atoms with Gasteiger partial charge in [0.2, 0.25) is 0 Å². The van der Waals surface area contributed by atoms with E-state index in [2.05, 4.69) is 10.2 Å². The second kappa shape index (κ2) is 5.77. The largest absolute Gasteiger partial charge is 0.480 e. The van der Waals surface area contributed by atoms with E-state index in [1.807, 2.05) is 13.8 Å². The highest BCUT2D eigenvalue weighted by Gasteiger charge is 2.42. The lowest BCUT2D eigenvalue weighted by Gasteiger charge is -2.42. The smallest absolute Gasteiger partial charge is 0.324 e. The van der Waals surface area contributed by atoms with Gasteiger partial charge in [-0.25, -0.2) is 0 Å². The predicted molar refractivity (Wildman–Crippen MR) is 73.3 cm³/mol. The van der Waals surface area contributed by atoms with Crippen molar-refractivity contribution in [1.29, 1.82) is 0 Å².